The lowest BCUT2D eigenvalue weighted by atomic mass is 9.91. The molecule has 0 saturated heterocycles. The van der Waals surface area contributed by atoms with Gasteiger partial charge in [-0.05, 0) is 58.6 Å². The summed E-state index contributed by atoms with van der Waals surface area (Å²) in [5.41, 5.74) is 0.995. The molecule has 6 nitrogen and oxygen atoms in total. The Hall–Kier alpha value is -2.42. The highest BCUT2D eigenvalue weighted by molar-refractivity contribution is 5.68. The lowest BCUT2D eigenvalue weighted by molar-refractivity contribution is 0.0492. The second-order valence-electron chi connectivity index (χ2n) is 7.37. The fourth-order valence-corrected chi connectivity index (χ4v) is 2.97. The molecule has 136 valence electrons. The standard InChI is InChI=1S/C19H27N3O3/c1-19(2,3)25-18(23)22-15-9-7-14(8-10-15)21-16-6-5-13(12-20)17(11-16)24-4/h5-6,11,14-15,21H,7-10H2,1-4H3,(H,22,23)/t14-,15-. The third-order valence-corrected chi connectivity index (χ3v) is 4.14. The summed E-state index contributed by atoms with van der Waals surface area (Å²) in [7, 11) is 1.56. The number of hydrogen-bond acceptors (Lipinski definition) is 5. The Morgan fingerprint density at radius 2 is 1.84 bits per heavy atom. The van der Waals surface area contributed by atoms with Gasteiger partial charge in [0.15, 0.2) is 0 Å². The first kappa shape index (κ1) is 18.9. The topological polar surface area (TPSA) is 83.4 Å². The van der Waals surface area contributed by atoms with Crippen LogP contribution in [0, 0.1) is 11.3 Å². The van der Waals surface area contributed by atoms with Gasteiger partial charge in [0.05, 0.1) is 12.7 Å². The molecule has 0 aromatic heterocycles. The molecule has 1 aliphatic carbocycles. The van der Waals surface area contributed by atoms with Crippen molar-refractivity contribution in [3.63, 3.8) is 0 Å². The number of alkyl carbamates (subject to hydrolysis) is 1. The number of ether oxygens (including phenoxy) is 2. The molecule has 0 unspecified atom stereocenters. The second-order valence-corrected chi connectivity index (χ2v) is 7.37. The van der Waals surface area contributed by atoms with Crippen LogP contribution in [0.4, 0.5) is 10.5 Å². The highest BCUT2D eigenvalue weighted by Crippen LogP contribution is 2.26. The molecule has 0 heterocycles. The normalized spacial score (nSPS) is 20.3. The van der Waals surface area contributed by atoms with Crippen molar-refractivity contribution in [3.05, 3.63) is 23.8 Å². The minimum Gasteiger partial charge on any atom is -0.495 e. The van der Waals surface area contributed by atoms with Crippen molar-refractivity contribution in [2.75, 3.05) is 12.4 Å². The summed E-state index contributed by atoms with van der Waals surface area (Å²) < 4.78 is 10.5. The smallest absolute Gasteiger partial charge is 0.407 e. The van der Waals surface area contributed by atoms with Gasteiger partial charge < -0.3 is 20.1 Å². The van der Waals surface area contributed by atoms with E-state index in [1.165, 1.54) is 0 Å². The van der Waals surface area contributed by atoms with E-state index in [1.807, 2.05) is 32.9 Å². The molecule has 1 amide bonds. The van der Waals surface area contributed by atoms with Gasteiger partial charge >= 0.3 is 6.09 Å². The van der Waals surface area contributed by atoms with Gasteiger partial charge in [0.25, 0.3) is 0 Å². The summed E-state index contributed by atoms with van der Waals surface area (Å²) in [6, 6.07) is 8.12. The maximum Gasteiger partial charge on any atom is 0.407 e. The molecule has 0 spiro atoms. The third-order valence-electron chi connectivity index (χ3n) is 4.14. The van der Waals surface area contributed by atoms with Crippen LogP contribution < -0.4 is 15.4 Å². The molecule has 0 bridgehead atoms. The molecular formula is C19H27N3O3. The molecule has 25 heavy (non-hydrogen) atoms. The van der Waals surface area contributed by atoms with E-state index in [0.717, 1.165) is 31.4 Å². The summed E-state index contributed by atoms with van der Waals surface area (Å²) in [4.78, 5) is 11.8. The first-order valence-electron chi connectivity index (χ1n) is 8.65. The van der Waals surface area contributed by atoms with Crippen molar-refractivity contribution in [1.82, 2.24) is 5.32 Å². The number of benzene rings is 1. The van der Waals surface area contributed by atoms with Crippen LogP contribution in [0.5, 0.6) is 5.75 Å². The van der Waals surface area contributed by atoms with Crippen molar-refractivity contribution in [2.24, 2.45) is 0 Å². The Bertz CT molecular complexity index is 638. The van der Waals surface area contributed by atoms with Crippen molar-refractivity contribution < 1.29 is 14.3 Å². The largest absolute Gasteiger partial charge is 0.495 e. The second kappa shape index (κ2) is 8.11. The van der Waals surface area contributed by atoms with Crippen molar-refractivity contribution in [1.29, 1.82) is 5.26 Å². The summed E-state index contributed by atoms with van der Waals surface area (Å²) in [5, 5.41) is 15.5. The molecule has 1 fully saturated rings. The van der Waals surface area contributed by atoms with Crippen LogP contribution in [-0.4, -0.2) is 30.9 Å². The van der Waals surface area contributed by atoms with Gasteiger partial charge in [-0.15, -0.1) is 0 Å². The first-order chi connectivity index (χ1) is 11.8. The van der Waals surface area contributed by atoms with Gasteiger partial charge in [-0.2, -0.15) is 5.26 Å². The number of amides is 1. The molecule has 1 aromatic rings. The minimum atomic E-state index is -0.475. The Labute approximate surface area is 149 Å². The van der Waals surface area contributed by atoms with E-state index < -0.39 is 5.60 Å². The van der Waals surface area contributed by atoms with Crippen LogP contribution in [0.3, 0.4) is 0 Å². The number of carbonyl (C=O) groups excluding carboxylic acids is 1. The highest BCUT2D eigenvalue weighted by atomic mass is 16.6. The van der Waals surface area contributed by atoms with Crippen LogP contribution in [0.1, 0.15) is 52.0 Å². The lowest BCUT2D eigenvalue weighted by Crippen LogP contribution is -2.42. The number of anilines is 1. The average Bonchev–Trinajstić information content (AvgIpc) is 2.54. The van der Waals surface area contributed by atoms with Crippen molar-refractivity contribution >= 4 is 11.8 Å². The lowest BCUT2D eigenvalue weighted by Gasteiger charge is -2.31. The fourth-order valence-electron chi connectivity index (χ4n) is 2.97. The number of nitriles is 1. The number of nitrogens with one attached hydrogen (secondary N) is 2. The molecular weight excluding hydrogens is 318 g/mol. The summed E-state index contributed by atoms with van der Waals surface area (Å²) in [6.45, 7) is 5.58. The van der Waals surface area contributed by atoms with E-state index in [0.29, 0.717) is 17.4 Å². The maximum absolute atomic E-state index is 11.8. The molecule has 0 aliphatic heterocycles. The third kappa shape index (κ3) is 5.86. The Morgan fingerprint density at radius 1 is 1.20 bits per heavy atom. The van der Waals surface area contributed by atoms with Crippen LogP contribution in [0.2, 0.25) is 0 Å². The number of rotatable bonds is 4. The predicted molar refractivity (Wildman–Crippen MR) is 96.7 cm³/mol. The van der Waals surface area contributed by atoms with Crippen molar-refractivity contribution in [2.45, 2.75) is 64.1 Å². The van der Waals surface area contributed by atoms with E-state index >= 15 is 0 Å². The Kier molecular flexibility index (Phi) is 6.13. The van der Waals surface area contributed by atoms with Gasteiger partial charge in [-0.3, -0.25) is 0 Å². The van der Waals surface area contributed by atoms with Gasteiger partial charge in [-0.1, -0.05) is 0 Å². The van der Waals surface area contributed by atoms with Gasteiger partial charge in [0.2, 0.25) is 0 Å². The van der Waals surface area contributed by atoms with E-state index in [-0.39, 0.29) is 12.1 Å². The summed E-state index contributed by atoms with van der Waals surface area (Å²) in [5.74, 6) is 0.577. The highest BCUT2D eigenvalue weighted by Gasteiger charge is 2.24. The predicted octanol–water partition coefficient (Wildman–Crippen LogP) is 3.81. The number of hydrogen-bond donors (Lipinski definition) is 2. The van der Waals surface area contributed by atoms with E-state index in [4.69, 9.17) is 14.7 Å². The van der Waals surface area contributed by atoms with Gasteiger partial charge in [0.1, 0.15) is 17.4 Å². The minimum absolute atomic E-state index is 0.156. The zero-order valence-corrected chi connectivity index (χ0v) is 15.4. The molecule has 1 aliphatic rings. The van der Waals surface area contributed by atoms with Gasteiger partial charge in [0, 0.05) is 23.8 Å². The molecule has 0 radical (unpaired) electrons. The van der Waals surface area contributed by atoms with Crippen LogP contribution >= 0.6 is 0 Å². The van der Waals surface area contributed by atoms with Crippen molar-refractivity contribution in [3.8, 4) is 11.8 Å². The monoisotopic (exact) mass is 345 g/mol. The van der Waals surface area contributed by atoms with Crippen LogP contribution in [-0.2, 0) is 4.74 Å². The van der Waals surface area contributed by atoms with Gasteiger partial charge in [-0.25, -0.2) is 4.79 Å². The van der Waals surface area contributed by atoms with E-state index in [1.54, 1.807) is 13.2 Å². The molecule has 2 N–H and O–H groups in total. The SMILES string of the molecule is COc1cc(N[C@H]2CC[C@H](NC(=O)OC(C)(C)C)CC2)ccc1C#N. The Morgan fingerprint density at radius 3 is 2.40 bits per heavy atom. The maximum atomic E-state index is 11.8. The van der Waals surface area contributed by atoms with Crippen LogP contribution in [0.15, 0.2) is 18.2 Å². The Balaban J connectivity index is 1.83. The zero-order chi connectivity index (χ0) is 18.4. The first-order valence-corrected chi connectivity index (χ1v) is 8.65. The zero-order valence-electron chi connectivity index (χ0n) is 15.4. The molecule has 2 rings (SSSR count). The quantitative estimate of drug-likeness (QED) is 0.867. The summed E-state index contributed by atoms with van der Waals surface area (Å²) in [6.07, 6.45) is 3.39. The number of carbonyl (C=O) groups is 1. The molecule has 6 heteroatoms. The van der Waals surface area contributed by atoms with E-state index in [2.05, 4.69) is 16.7 Å². The average molecular weight is 345 g/mol. The summed E-state index contributed by atoms with van der Waals surface area (Å²) >= 11 is 0. The van der Waals surface area contributed by atoms with E-state index in [9.17, 15) is 4.79 Å². The van der Waals surface area contributed by atoms with Crippen LogP contribution in [0.25, 0.3) is 0 Å². The fraction of sp³-hybridized carbons (Fsp3) is 0.579. The number of methoxy groups -OCH3 is 1. The molecule has 0 atom stereocenters. The molecule has 1 aromatic carbocycles. The molecule has 1 saturated carbocycles. The number of nitrogens with zero attached hydrogens (tertiary/aromatic N) is 1.